The van der Waals surface area contributed by atoms with E-state index < -0.39 is 34.5 Å². The minimum Gasteiger partial charge on any atom is -0.452 e. The number of urea groups is 1. The zero-order chi connectivity index (χ0) is 21.6. The Morgan fingerprint density at radius 2 is 1.90 bits per heavy atom. The van der Waals surface area contributed by atoms with Crippen molar-refractivity contribution in [2.75, 3.05) is 32.9 Å². The molecule has 2 rings (SSSR count). The van der Waals surface area contributed by atoms with Crippen LogP contribution in [0.5, 0.6) is 0 Å². The number of rotatable bonds is 6. The molecule has 1 aliphatic heterocycles. The highest BCUT2D eigenvalue weighted by Crippen LogP contribution is 2.24. The van der Waals surface area contributed by atoms with Crippen molar-refractivity contribution in [3.05, 3.63) is 28.8 Å². The van der Waals surface area contributed by atoms with Gasteiger partial charge >= 0.3 is 12.0 Å². The molecule has 1 heterocycles. The minimum absolute atomic E-state index is 0.0334. The van der Waals surface area contributed by atoms with Crippen LogP contribution in [0.4, 0.5) is 4.79 Å². The molecule has 0 unspecified atom stereocenters. The van der Waals surface area contributed by atoms with E-state index in [1.165, 1.54) is 16.4 Å². The first kappa shape index (κ1) is 23.1. The first-order chi connectivity index (χ1) is 13.6. The Labute approximate surface area is 173 Å². The van der Waals surface area contributed by atoms with Gasteiger partial charge in [-0.3, -0.25) is 10.1 Å². The van der Waals surface area contributed by atoms with Crippen molar-refractivity contribution in [2.24, 2.45) is 0 Å². The third-order valence-electron chi connectivity index (χ3n) is 3.77. The maximum Gasteiger partial charge on any atom is 0.340 e. The molecule has 1 aromatic rings. The van der Waals surface area contributed by atoms with Gasteiger partial charge in [0.2, 0.25) is 10.0 Å². The van der Waals surface area contributed by atoms with Gasteiger partial charge in [0.25, 0.3) is 5.91 Å². The number of sulfonamides is 1. The van der Waals surface area contributed by atoms with Crippen LogP contribution in [0, 0.1) is 0 Å². The number of nitrogens with one attached hydrogen (secondary N) is 2. The van der Waals surface area contributed by atoms with Crippen molar-refractivity contribution >= 4 is 39.5 Å². The van der Waals surface area contributed by atoms with E-state index in [0.29, 0.717) is 0 Å². The van der Waals surface area contributed by atoms with Gasteiger partial charge in [-0.05, 0) is 32.0 Å². The lowest BCUT2D eigenvalue weighted by Crippen LogP contribution is -2.44. The number of carbonyl (C=O) groups excluding carboxylic acids is 3. The number of morpholine rings is 1. The predicted octanol–water partition coefficient (Wildman–Crippen LogP) is 0.752. The molecule has 0 aromatic heterocycles. The Morgan fingerprint density at radius 1 is 1.24 bits per heavy atom. The van der Waals surface area contributed by atoms with Crippen LogP contribution in [0.3, 0.4) is 0 Å². The maximum absolute atomic E-state index is 12.7. The summed E-state index contributed by atoms with van der Waals surface area (Å²) in [6, 6.07) is 2.74. The summed E-state index contributed by atoms with van der Waals surface area (Å²) in [5.74, 6) is -1.84. The van der Waals surface area contributed by atoms with Crippen LogP contribution in [0.25, 0.3) is 0 Å². The van der Waals surface area contributed by atoms with Crippen LogP contribution in [-0.4, -0.2) is 69.6 Å². The lowest BCUT2D eigenvalue weighted by atomic mass is 10.2. The summed E-state index contributed by atoms with van der Waals surface area (Å²) in [6.07, 6.45) is 0. The number of hydrogen-bond acceptors (Lipinski definition) is 7. The second-order valence-corrected chi connectivity index (χ2v) is 8.76. The summed E-state index contributed by atoms with van der Waals surface area (Å²) in [5, 5.41) is 4.41. The van der Waals surface area contributed by atoms with Gasteiger partial charge in [-0.15, -0.1) is 0 Å². The largest absolute Gasteiger partial charge is 0.452 e. The molecule has 0 aliphatic carbocycles. The molecule has 1 fully saturated rings. The standard InChI is InChI=1S/C17H22ClN3O7S/c1-11(2)19-17(24)20-15(22)10-28-16(23)13-9-12(3-4-14(13)18)29(25,26)21-5-7-27-8-6-21/h3-4,9,11H,5-8,10H2,1-2H3,(H2,19,20,22,24). The highest BCUT2D eigenvalue weighted by atomic mass is 35.5. The Balaban J connectivity index is 2.06. The minimum atomic E-state index is -3.84. The number of nitrogens with zero attached hydrogens (tertiary/aromatic N) is 1. The van der Waals surface area contributed by atoms with Crippen LogP contribution in [0.2, 0.25) is 5.02 Å². The van der Waals surface area contributed by atoms with E-state index in [-0.39, 0.29) is 47.8 Å². The molecule has 1 aromatic carbocycles. The molecule has 12 heteroatoms. The summed E-state index contributed by atoms with van der Waals surface area (Å²) in [7, 11) is -3.84. The van der Waals surface area contributed by atoms with Crippen molar-refractivity contribution in [2.45, 2.75) is 24.8 Å². The van der Waals surface area contributed by atoms with Gasteiger partial charge in [0.1, 0.15) is 0 Å². The van der Waals surface area contributed by atoms with Crippen molar-refractivity contribution in [3.8, 4) is 0 Å². The third kappa shape index (κ3) is 6.39. The number of benzene rings is 1. The fourth-order valence-corrected chi connectivity index (χ4v) is 4.06. The molecule has 10 nitrogen and oxygen atoms in total. The Kier molecular flexibility index (Phi) is 7.96. The van der Waals surface area contributed by atoms with Crippen LogP contribution >= 0.6 is 11.6 Å². The van der Waals surface area contributed by atoms with Gasteiger partial charge in [0.15, 0.2) is 6.61 Å². The monoisotopic (exact) mass is 447 g/mol. The summed E-state index contributed by atoms with van der Waals surface area (Å²) < 4.78 is 36.7. The molecular weight excluding hydrogens is 426 g/mol. The topological polar surface area (TPSA) is 131 Å². The number of halogens is 1. The summed E-state index contributed by atoms with van der Waals surface area (Å²) >= 11 is 5.99. The Morgan fingerprint density at radius 3 is 2.52 bits per heavy atom. The van der Waals surface area contributed by atoms with Gasteiger partial charge in [-0.25, -0.2) is 18.0 Å². The Hall–Kier alpha value is -2.21. The van der Waals surface area contributed by atoms with E-state index in [2.05, 4.69) is 5.32 Å². The zero-order valence-electron chi connectivity index (χ0n) is 15.9. The molecule has 1 aliphatic rings. The lowest BCUT2D eigenvalue weighted by Gasteiger charge is -2.26. The lowest BCUT2D eigenvalue weighted by molar-refractivity contribution is -0.123. The zero-order valence-corrected chi connectivity index (χ0v) is 17.5. The molecule has 160 valence electrons. The molecule has 0 spiro atoms. The average molecular weight is 448 g/mol. The highest BCUT2D eigenvalue weighted by molar-refractivity contribution is 7.89. The van der Waals surface area contributed by atoms with E-state index >= 15 is 0 Å². The molecule has 0 radical (unpaired) electrons. The second kappa shape index (κ2) is 10.0. The smallest absolute Gasteiger partial charge is 0.340 e. The number of carbonyl (C=O) groups is 3. The SMILES string of the molecule is CC(C)NC(=O)NC(=O)COC(=O)c1cc(S(=O)(=O)N2CCOCC2)ccc1Cl. The molecule has 2 N–H and O–H groups in total. The molecule has 0 bridgehead atoms. The van der Waals surface area contributed by atoms with Gasteiger partial charge in [-0.2, -0.15) is 4.31 Å². The van der Waals surface area contributed by atoms with Gasteiger partial charge in [0, 0.05) is 19.1 Å². The fourth-order valence-electron chi connectivity index (χ4n) is 2.43. The van der Waals surface area contributed by atoms with Gasteiger partial charge in [0.05, 0.1) is 28.7 Å². The summed E-state index contributed by atoms with van der Waals surface area (Å²) in [4.78, 5) is 35.3. The molecular formula is C17H22ClN3O7S. The van der Waals surface area contributed by atoms with E-state index in [9.17, 15) is 22.8 Å². The summed E-state index contributed by atoms with van der Waals surface area (Å²) in [6.45, 7) is 3.64. The molecule has 29 heavy (non-hydrogen) atoms. The summed E-state index contributed by atoms with van der Waals surface area (Å²) in [5.41, 5.74) is -0.208. The fraction of sp³-hybridized carbons (Fsp3) is 0.471. The molecule has 0 atom stereocenters. The van der Waals surface area contributed by atoms with Gasteiger partial charge in [-0.1, -0.05) is 11.6 Å². The van der Waals surface area contributed by atoms with Crippen LogP contribution in [0.15, 0.2) is 23.1 Å². The van der Waals surface area contributed by atoms with Crippen molar-refractivity contribution in [1.29, 1.82) is 0 Å². The maximum atomic E-state index is 12.7. The van der Waals surface area contributed by atoms with Crippen molar-refractivity contribution in [1.82, 2.24) is 14.9 Å². The van der Waals surface area contributed by atoms with E-state index in [1.54, 1.807) is 13.8 Å². The number of ether oxygens (including phenoxy) is 2. The van der Waals surface area contributed by atoms with Gasteiger partial charge < -0.3 is 14.8 Å². The van der Waals surface area contributed by atoms with Crippen molar-refractivity contribution in [3.63, 3.8) is 0 Å². The number of hydrogen-bond donors (Lipinski definition) is 2. The highest BCUT2D eigenvalue weighted by Gasteiger charge is 2.28. The van der Waals surface area contributed by atoms with Crippen LogP contribution in [-0.2, 0) is 24.3 Å². The number of amides is 3. The first-order valence-electron chi connectivity index (χ1n) is 8.76. The van der Waals surface area contributed by atoms with E-state index in [4.69, 9.17) is 21.1 Å². The predicted molar refractivity (Wildman–Crippen MR) is 103 cm³/mol. The normalized spacial score (nSPS) is 15.0. The molecule has 0 saturated carbocycles. The van der Waals surface area contributed by atoms with Crippen LogP contribution < -0.4 is 10.6 Å². The van der Waals surface area contributed by atoms with E-state index in [0.717, 1.165) is 6.07 Å². The molecule has 1 saturated heterocycles. The first-order valence-corrected chi connectivity index (χ1v) is 10.6. The third-order valence-corrected chi connectivity index (χ3v) is 6.00. The second-order valence-electron chi connectivity index (χ2n) is 6.41. The van der Waals surface area contributed by atoms with Crippen molar-refractivity contribution < 1.29 is 32.3 Å². The number of imide groups is 1. The molecule has 3 amide bonds. The quantitative estimate of drug-likeness (QED) is 0.615. The Bertz CT molecular complexity index is 883. The average Bonchev–Trinajstić information content (AvgIpc) is 2.66. The van der Waals surface area contributed by atoms with Crippen LogP contribution in [0.1, 0.15) is 24.2 Å². The number of esters is 1. The van der Waals surface area contributed by atoms with E-state index in [1.807, 2.05) is 5.32 Å².